The van der Waals surface area contributed by atoms with E-state index >= 15 is 0 Å². The third kappa shape index (κ3) is 4.65. The Morgan fingerprint density at radius 3 is 2.80 bits per heavy atom. The molecule has 1 aliphatic rings. The number of carbonyl (C=O) groups excluding carboxylic acids is 1. The van der Waals surface area contributed by atoms with Crippen LogP contribution in [0.2, 0.25) is 0 Å². The Balaban J connectivity index is 2.18. The second-order valence-corrected chi connectivity index (χ2v) is 4.69. The molecule has 0 amide bonds. The lowest BCUT2D eigenvalue weighted by atomic mass is 10.1. The monoisotopic (exact) mass is 213 g/mol. The second-order valence-electron chi connectivity index (χ2n) is 4.69. The van der Waals surface area contributed by atoms with Crippen LogP contribution in [0.3, 0.4) is 0 Å². The quantitative estimate of drug-likeness (QED) is 0.711. The van der Waals surface area contributed by atoms with Crippen LogP contribution >= 0.6 is 0 Å². The smallest absolute Gasteiger partial charge is 0.307 e. The van der Waals surface area contributed by atoms with Gasteiger partial charge in [-0.3, -0.25) is 4.79 Å². The Morgan fingerprint density at radius 1 is 1.53 bits per heavy atom. The SMILES string of the molecule is CCOC(=O)CC(C)NC1CCC(C)C1. The number of carbonyl (C=O) groups is 1. The van der Waals surface area contributed by atoms with Gasteiger partial charge in [-0.1, -0.05) is 6.92 Å². The van der Waals surface area contributed by atoms with E-state index in [9.17, 15) is 4.79 Å². The Hall–Kier alpha value is -0.570. The Labute approximate surface area is 92.6 Å². The summed E-state index contributed by atoms with van der Waals surface area (Å²) in [6.45, 7) is 6.66. The van der Waals surface area contributed by atoms with Crippen LogP contribution in [-0.2, 0) is 9.53 Å². The maximum Gasteiger partial charge on any atom is 0.307 e. The van der Waals surface area contributed by atoms with Gasteiger partial charge in [0, 0.05) is 12.1 Å². The van der Waals surface area contributed by atoms with E-state index in [1.807, 2.05) is 6.92 Å². The Kier molecular flexibility index (Phi) is 5.09. The van der Waals surface area contributed by atoms with Gasteiger partial charge in [0.1, 0.15) is 0 Å². The maximum absolute atomic E-state index is 11.2. The molecule has 0 aromatic carbocycles. The van der Waals surface area contributed by atoms with Gasteiger partial charge >= 0.3 is 5.97 Å². The number of nitrogens with one attached hydrogen (secondary N) is 1. The molecule has 1 rings (SSSR count). The van der Waals surface area contributed by atoms with Crippen LogP contribution in [0.5, 0.6) is 0 Å². The fourth-order valence-corrected chi connectivity index (χ4v) is 2.29. The summed E-state index contributed by atoms with van der Waals surface area (Å²) in [5.41, 5.74) is 0. The van der Waals surface area contributed by atoms with Crippen molar-refractivity contribution in [3.63, 3.8) is 0 Å². The van der Waals surface area contributed by atoms with Crippen LogP contribution in [-0.4, -0.2) is 24.7 Å². The molecular formula is C12H23NO2. The Morgan fingerprint density at radius 2 is 2.27 bits per heavy atom. The molecule has 1 aliphatic carbocycles. The molecule has 0 radical (unpaired) electrons. The zero-order chi connectivity index (χ0) is 11.3. The molecule has 3 heteroatoms. The normalized spacial score (nSPS) is 27.7. The van der Waals surface area contributed by atoms with Crippen molar-refractivity contribution in [2.45, 2.75) is 58.5 Å². The van der Waals surface area contributed by atoms with Crippen LogP contribution < -0.4 is 5.32 Å². The van der Waals surface area contributed by atoms with E-state index in [-0.39, 0.29) is 12.0 Å². The lowest BCUT2D eigenvalue weighted by Gasteiger charge is -2.18. The number of esters is 1. The number of ether oxygens (including phenoxy) is 1. The summed E-state index contributed by atoms with van der Waals surface area (Å²) in [6.07, 6.45) is 4.28. The van der Waals surface area contributed by atoms with E-state index in [1.54, 1.807) is 0 Å². The van der Waals surface area contributed by atoms with Crippen molar-refractivity contribution in [3.8, 4) is 0 Å². The molecule has 0 spiro atoms. The van der Waals surface area contributed by atoms with Crippen molar-refractivity contribution in [2.24, 2.45) is 5.92 Å². The van der Waals surface area contributed by atoms with E-state index in [4.69, 9.17) is 4.74 Å². The number of hydrogen-bond acceptors (Lipinski definition) is 3. The zero-order valence-corrected chi connectivity index (χ0v) is 10.1. The van der Waals surface area contributed by atoms with E-state index in [2.05, 4.69) is 19.2 Å². The molecule has 0 saturated heterocycles. The van der Waals surface area contributed by atoms with Gasteiger partial charge in [0.2, 0.25) is 0 Å². The molecular weight excluding hydrogens is 190 g/mol. The van der Waals surface area contributed by atoms with Crippen molar-refractivity contribution in [1.29, 1.82) is 0 Å². The fraction of sp³-hybridized carbons (Fsp3) is 0.917. The zero-order valence-electron chi connectivity index (χ0n) is 10.1. The standard InChI is InChI=1S/C12H23NO2/c1-4-15-12(14)8-10(3)13-11-6-5-9(2)7-11/h9-11,13H,4-8H2,1-3H3. The van der Waals surface area contributed by atoms with Gasteiger partial charge in [-0.25, -0.2) is 0 Å². The van der Waals surface area contributed by atoms with Crippen LogP contribution in [0.1, 0.15) is 46.5 Å². The molecule has 3 unspecified atom stereocenters. The lowest BCUT2D eigenvalue weighted by Crippen LogP contribution is -2.36. The molecule has 0 aromatic rings. The summed E-state index contributed by atoms with van der Waals surface area (Å²) in [6, 6.07) is 0.837. The predicted octanol–water partition coefficient (Wildman–Crippen LogP) is 2.11. The van der Waals surface area contributed by atoms with Crippen LogP contribution in [0.15, 0.2) is 0 Å². The molecule has 0 bridgehead atoms. The highest BCUT2D eigenvalue weighted by atomic mass is 16.5. The van der Waals surface area contributed by atoms with Gasteiger partial charge in [0.05, 0.1) is 13.0 Å². The maximum atomic E-state index is 11.2. The highest BCUT2D eigenvalue weighted by Crippen LogP contribution is 2.25. The van der Waals surface area contributed by atoms with Crippen molar-refractivity contribution in [1.82, 2.24) is 5.32 Å². The Bertz CT molecular complexity index is 206. The minimum Gasteiger partial charge on any atom is -0.466 e. The third-order valence-corrected chi connectivity index (χ3v) is 2.99. The van der Waals surface area contributed by atoms with E-state index in [0.29, 0.717) is 19.1 Å². The van der Waals surface area contributed by atoms with Gasteiger partial charge in [0.15, 0.2) is 0 Å². The van der Waals surface area contributed by atoms with E-state index in [1.165, 1.54) is 19.3 Å². The molecule has 3 nitrogen and oxygen atoms in total. The summed E-state index contributed by atoms with van der Waals surface area (Å²) in [5, 5.41) is 3.50. The highest BCUT2D eigenvalue weighted by molar-refractivity contribution is 5.70. The second kappa shape index (κ2) is 6.11. The topological polar surface area (TPSA) is 38.3 Å². The largest absolute Gasteiger partial charge is 0.466 e. The van der Waals surface area contributed by atoms with Gasteiger partial charge in [-0.15, -0.1) is 0 Å². The van der Waals surface area contributed by atoms with Gasteiger partial charge in [-0.05, 0) is 39.0 Å². The van der Waals surface area contributed by atoms with Crippen LogP contribution in [0, 0.1) is 5.92 Å². The average Bonchev–Trinajstić information content (AvgIpc) is 2.51. The van der Waals surface area contributed by atoms with Gasteiger partial charge in [-0.2, -0.15) is 0 Å². The highest BCUT2D eigenvalue weighted by Gasteiger charge is 2.23. The van der Waals surface area contributed by atoms with E-state index in [0.717, 1.165) is 5.92 Å². The minimum absolute atomic E-state index is 0.0939. The third-order valence-electron chi connectivity index (χ3n) is 2.99. The van der Waals surface area contributed by atoms with Crippen LogP contribution in [0.4, 0.5) is 0 Å². The molecule has 0 aliphatic heterocycles. The molecule has 88 valence electrons. The van der Waals surface area contributed by atoms with Crippen molar-refractivity contribution < 1.29 is 9.53 Å². The first-order valence-electron chi connectivity index (χ1n) is 6.03. The summed E-state index contributed by atoms with van der Waals surface area (Å²) in [7, 11) is 0. The first-order valence-corrected chi connectivity index (χ1v) is 6.03. The summed E-state index contributed by atoms with van der Waals surface area (Å²) >= 11 is 0. The molecule has 0 heterocycles. The molecule has 0 aromatic heterocycles. The first kappa shape index (κ1) is 12.5. The molecule has 1 fully saturated rings. The van der Waals surface area contributed by atoms with Crippen LogP contribution in [0.25, 0.3) is 0 Å². The van der Waals surface area contributed by atoms with Crippen molar-refractivity contribution in [2.75, 3.05) is 6.61 Å². The summed E-state index contributed by atoms with van der Waals surface area (Å²) in [4.78, 5) is 11.2. The number of hydrogen-bond donors (Lipinski definition) is 1. The van der Waals surface area contributed by atoms with Crippen molar-refractivity contribution >= 4 is 5.97 Å². The molecule has 3 atom stereocenters. The average molecular weight is 213 g/mol. The summed E-state index contributed by atoms with van der Waals surface area (Å²) < 4.78 is 4.92. The van der Waals surface area contributed by atoms with Crippen molar-refractivity contribution in [3.05, 3.63) is 0 Å². The first-order chi connectivity index (χ1) is 7.11. The lowest BCUT2D eigenvalue weighted by molar-refractivity contribution is -0.143. The predicted molar refractivity (Wildman–Crippen MR) is 60.7 cm³/mol. The fourth-order valence-electron chi connectivity index (χ4n) is 2.29. The number of rotatable bonds is 5. The van der Waals surface area contributed by atoms with Gasteiger partial charge < -0.3 is 10.1 Å². The molecule has 15 heavy (non-hydrogen) atoms. The molecule has 1 saturated carbocycles. The van der Waals surface area contributed by atoms with E-state index < -0.39 is 0 Å². The minimum atomic E-state index is -0.0939. The van der Waals surface area contributed by atoms with Gasteiger partial charge in [0.25, 0.3) is 0 Å². The summed E-state index contributed by atoms with van der Waals surface area (Å²) in [5.74, 6) is 0.737. The molecule has 1 N–H and O–H groups in total.